The van der Waals surface area contributed by atoms with E-state index in [9.17, 15) is 0 Å². The van der Waals surface area contributed by atoms with E-state index in [4.69, 9.17) is 23.2 Å². The zero-order valence-corrected chi connectivity index (χ0v) is 12.9. The highest BCUT2D eigenvalue weighted by Gasteiger charge is 2.17. The monoisotopic (exact) mass is 302 g/mol. The van der Waals surface area contributed by atoms with E-state index >= 15 is 0 Å². The second kappa shape index (κ2) is 6.64. The van der Waals surface area contributed by atoms with E-state index in [0.717, 1.165) is 13.1 Å². The molecule has 106 valence electrons. The number of rotatable bonds is 4. The number of piperidine rings is 1. The molecular formula is C13H20Cl2N4. The molecule has 4 nitrogen and oxygen atoms in total. The van der Waals surface area contributed by atoms with E-state index < -0.39 is 0 Å². The van der Waals surface area contributed by atoms with E-state index in [-0.39, 0.29) is 0 Å². The largest absolute Gasteiger partial charge is 0.372 e. The van der Waals surface area contributed by atoms with Gasteiger partial charge in [-0.1, -0.05) is 23.2 Å². The van der Waals surface area contributed by atoms with Crippen molar-refractivity contribution in [1.82, 2.24) is 9.88 Å². The first-order valence-corrected chi connectivity index (χ1v) is 7.32. The first-order valence-electron chi connectivity index (χ1n) is 6.56. The van der Waals surface area contributed by atoms with Crippen molar-refractivity contribution in [1.29, 1.82) is 0 Å². The van der Waals surface area contributed by atoms with Crippen LogP contribution < -0.4 is 10.6 Å². The third-order valence-corrected chi connectivity index (χ3v) is 4.02. The summed E-state index contributed by atoms with van der Waals surface area (Å²) in [5.74, 6) is 1.99. The van der Waals surface area contributed by atoms with Crippen LogP contribution in [0.25, 0.3) is 0 Å². The molecule has 0 radical (unpaired) electrons. The Labute approximate surface area is 124 Å². The lowest BCUT2D eigenvalue weighted by molar-refractivity contribution is 0.217. The van der Waals surface area contributed by atoms with Gasteiger partial charge in [0.2, 0.25) is 0 Å². The van der Waals surface area contributed by atoms with Crippen molar-refractivity contribution in [3.63, 3.8) is 0 Å². The van der Waals surface area contributed by atoms with Crippen molar-refractivity contribution in [3.05, 3.63) is 16.1 Å². The molecule has 1 atom stereocenters. The fraction of sp³-hybridized carbons (Fsp3) is 0.615. The normalized spacial score (nSPS) is 20.3. The van der Waals surface area contributed by atoms with Crippen LogP contribution in [-0.4, -0.2) is 43.6 Å². The number of pyridine rings is 1. The van der Waals surface area contributed by atoms with Gasteiger partial charge in [-0.15, -0.1) is 0 Å². The van der Waals surface area contributed by atoms with E-state index in [0.29, 0.717) is 27.6 Å². The number of aromatic nitrogens is 1. The molecule has 0 aliphatic carbocycles. The third-order valence-electron chi connectivity index (χ3n) is 3.45. The maximum Gasteiger partial charge on any atom is 0.147 e. The summed E-state index contributed by atoms with van der Waals surface area (Å²) in [7, 11) is 3.96. The Morgan fingerprint density at radius 2 is 2.11 bits per heavy atom. The predicted molar refractivity (Wildman–Crippen MR) is 82.5 cm³/mol. The maximum absolute atomic E-state index is 6.16. The summed E-state index contributed by atoms with van der Waals surface area (Å²) in [6.45, 7) is 3.21. The zero-order chi connectivity index (χ0) is 13.8. The molecule has 1 fully saturated rings. The summed E-state index contributed by atoms with van der Waals surface area (Å²) in [5, 5.41) is 7.40. The molecule has 19 heavy (non-hydrogen) atoms. The molecule has 0 bridgehead atoms. The number of anilines is 2. The highest BCUT2D eigenvalue weighted by atomic mass is 35.5. The van der Waals surface area contributed by atoms with Crippen LogP contribution in [0, 0.1) is 5.92 Å². The van der Waals surface area contributed by atoms with Crippen molar-refractivity contribution in [2.24, 2.45) is 5.92 Å². The van der Waals surface area contributed by atoms with Gasteiger partial charge in [-0.2, -0.15) is 0 Å². The number of nitrogens with zero attached hydrogens (tertiary/aromatic N) is 2. The van der Waals surface area contributed by atoms with E-state index in [2.05, 4.69) is 27.6 Å². The van der Waals surface area contributed by atoms with Crippen LogP contribution in [0.2, 0.25) is 10.0 Å². The number of likely N-dealkylation sites (tertiary alicyclic amines) is 1. The lowest BCUT2D eigenvalue weighted by Gasteiger charge is -2.29. The number of halogens is 2. The molecule has 0 saturated carbocycles. The molecule has 6 heteroatoms. The minimum absolute atomic E-state index is 0.537. The molecule has 2 heterocycles. The van der Waals surface area contributed by atoms with E-state index in [1.807, 2.05) is 0 Å². The van der Waals surface area contributed by atoms with Crippen LogP contribution in [0.5, 0.6) is 0 Å². The summed E-state index contributed by atoms with van der Waals surface area (Å²) < 4.78 is 0. The third kappa shape index (κ3) is 3.88. The first-order chi connectivity index (χ1) is 9.10. The Hall–Kier alpha value is -0.710. The van der Waals surface area contributed by atoms with Gasteiger partial charge in [0.1, 0.15) is 11.6 Å². The van der Waals surface area contributed by atoms with Crippen molar-refractivity contribution < 1.29 is 0 Å². The quantitative estimate of drug-likeness (QED) is 0.896. The average molecular weight is 303 g/mol. The van der Waals surface area contributed by atoms with Gasteiger partial charge >= 0.3 is 0 Å². The highest BCUT2D eigenvalue weighted by molar-refractivity contribution is 6.37. The minimum atomic E-state index is 0.537. The summed E-state index contributed by atoms with van der Waals surface area (Å²) in [6.07, 6.45) is 2.51. The van der Waals surface area contributed by atoms with Crippen molar-refractivity contribution in [3.8, 4) is 0 Å². The Morgan fingerprint density at radius 1 is 1.37 bits per heavy atom. The van der Waals surface area contributed by atoms with Gasteiger partial charge in [0.05, 0.1) is 10.0 Å². The van der Waals surface area contributed by atoms with Crippen LogP contribution in [0.3, 0.4) is 0 Å². The van der Waals surface area contributed by atoms with Gasteiger partial charge in [-0.25, -0.2) is 4.98 Å². The molecule has 1 aromatic rings. The van der Waals surface area contributed by atoms with Gasteiger partial charge in [0.25, 0.3) is 0 Å². The van der Waals surface area contributed by atoms with Gasteiger partial charge in [0, 0.05) is 20.1 Å². The van der Waals surface area contributed by atoms with Gasteiger partial charge in [-0.05, 0) is 38.4 Å². The van der Waals surface area contributed by atoms with Crippen molar-refractivity contribution in [2.45, 2.75) is 12.8 Å². The minimum Gasteiger partial charge on any atom is -0.372 e. The second-order valence-electron chi connectivity index (χ2n) is 5.05. The molecule has 1 saturated heterocycles. The van der Waals surface area contributed by atoms with Gasteiger partial charge in [-0.3, -0.25) is 0 Å². The SMILES string of the molecule is CNc1nc(NCC2CCCN(C)C2)c(Cl)cc1Cl. The molecule has 0 amide bonds. The van der Waals surface area contributed by atoms with E-state index in [1.165, 1.54) is 19.4 Å². The summed E-state index contributed by atoms with van der Waals surface area (Å²) in [6, 6.07) is 1.72. The Bertz CT molecular complexity index is 439. The molecule has 2 rings (SSSR count). The topological polar surface area (TPSA) is 40.2 Å². The smallest absolute Gasteiger partial charge is 0.147 e. The maximum atomic E-state index is 6.16. The summed E-state index contributed by atoms with van der Waals surface area (Å²) >= 11 is 12.2. The van der Waals surface area contributed by atoms with Crippen LogP contribution in [0.1, 0.15) is 12.8 Å². The van der Waals surface area contributed by atoms with E-state index in [1.54, 1.807) is 13.1 Å². The molecule has 0 spiro atoms. The van der Waals surface area contributed by atoms with Crippen LogP contribution in [-0.2, 0) is 0 Å². The van der Waals surface area contributed by atoms with Crippen LogP contribution in [0.15, 0.2) is 6.07 Å². The molecule has 1 aliphatic rings. The fourth-order valence-corrected chi connectivity index (χ4v) is 2.97. The van der Waals surface area contributed by atoms with Crippen LogP contribution in [0.4, 0.5) is 11.6 Å². The van der Waals surface area contributed by atoms with Gasteiger partial charge < -0.3 is 15.5 Å². The lowest BCUT2D eigenvalue weighted by Crippen LogP contribution is -2.35. The zero-order valence-electron chi connectivity index (χ0n) is 11.3. The number of nitrogens with one attached hydrogen (secondary N) is 2. The Kier molecular flexibility index (Phi) is 5.13. The highest BCUT2D eigenvalue weighted by Crippen LogP contribution is 2.29. The molecule has 1 aliphatic heterocycles. The number of hydrogen-bond donors (Lipinski definition) is 2. The molecule has 2 N–H and O–H groups in total. The molecule has 1 aromatic heterocycles. The summed E-state index contributed by atoms with van der Waals surface area (Å²) in [4.78, 5) is 6.76. The fourth-order valence-electron chi connectivity index (χ4n) is 2.45. The predicted octanol–water partition coefficient (Wildman–Crippen LogP) is 3.18. The second-order valence-corrected chi connectivity index (χ2v) is 5.87. The molecule has 0 aromatic carbocycles. The van der Waals surface area contributed by atoms with Crippen molar-refractivity contribution >= 4 is 34.8 Å². The van der Waals surface area contributed by atoms with Gasteiger partial charge in [0.15, 0.2) is 0 Å². The molecular weight excluding hydrogens is 283 g/mol. The number of hydrogen-bond acceptors (Lipinski definition) is 4. The average Bonchev–Trinajstić information content (AvgIpc) is 2.38. The Morgan fingerprint density at radius 3 is 2.79 bits per heavy atom. The summed E-state index contributed by atoms with van der Waals surface area (Å²) in [5.41, 5.74) is 0. The molecule has 1 unspecified atom stereocenters. The van der Waals surface area contributed by atoms with Crippen molar-refractivity contribution in [2.75, 3.05) is 44.4 Å². The standard InChI is InChI=1S/C13H20Cl2N4/c1-16-12-10(14)6-11(15)13(18-12)17-7-9-4-3-5-19(2)8-9/h6,9H,3-5,7-8H2,1-2H3,(H2,16,17,18). The Balaban J connectivity index is 1.99. The first kappa shape index (κ1) is 14.7. The van der Waals surface area contributed by atoms with Crippen LogP contribution >= 0.6 is 23.2 Å². The lowest BCUT2D eigenvalue weighted by atomic mass is 9.98.